The smallest absolute Gasteiger partial charge is 0.156 e. The van der Waals surface area contributed by atoms with Crippen LogP contribution < -0.4 is 0 Å². The number of piperidine rings is 1. The van der Waals surface area contributed by atoms with Gasteiger partial charge in [0.2, 0.25) is 0 Å². The van der Waals surface area contributed by atoms with Crippen molar-refractivity contribution in [3.8, 4) is 11.1 Å². The number of aryl methyl sites for hydroxylation is 1. The number of fused-ring (bicyclic) bond motifs is 1. The maximum atomic E-state index is 4.82. The summed E-state index contributed by atoms with van der Waals surface area (Å²) in [6.45, 7) is 6.07. The average molecular weight is 387 g/mol. The standard InChI is InChI=1S/C22H25N7/c1-2-28-14-17(11-24-28)13-27-10-4-6-20(15-27)22-25-21-8-7-19(16-29(21)26-22)18-5-3-9-23-12-18/h3,5,7-9,11-12,14,16,20H,2,4,6,10,13,15H2,1H3. The van der Waals surface area contributed by atoms with Crippen molar-refractivity contribution in [2.75, 3.05) is 13.1 Å². The summed E-state index contributed by atoms with van der Waals surface area (Å²) in [5.41, 5.74) is 4.36. The van der Waals surface area contributed by atoms with Crippen molar-refractivity contribution in [3.63, 3.8) is 0 Å². The van der Waals surface area contributed by atoms with Crippen LogP contribution in [0.5, 0.6) is 0 Å². The zero-order chi connectivity index (χ0) is 19.6. The van der Waals surface area contributed by atoms with Crippen LogP contribution >= 0.6 is 0 Å². The van der Waals surface area contributed by atoms with E-state index in [1.807, 2.05) is 39.9 Å². The van der Waals surface area contributed by atoms with Gasteiger partial charge in [-0.3, -0.25) is 14.6 Å². The average Bonchev–Trinajstić information content (AvgIpc) is 3.40. The van der Waals surface area contributed by atoms with Crippen molar-refractivity contribution >= 4 is 5.65 Å². The van der Waals surface area contributed by atoms with Crippen LogP contribution in [-0.2, 0) is 13.1 Å². The first-order chi connectivity index (χ1) is 14.3. The molecule has 0 N–H and O–H groups in total. The highest BCUT2D eigenvalue weighted by Gasteiger charge is 2.25. The van der Waals surface area contributed by atoms with E-state index in [0.717, 1.165) is 55.2 Å². The van der Waals surface area contributed by atoms with Gasteiger partial charge in [0.05, 0.1) is 6.20 Å². The molecule has 0 spiro atoms. The molecule has 5 rings (SSSR count). The molecule has 1 unspecified atom stereocenters. The highest BCUT2D eigenvalue weighted by molar-refractivity contribution is 5.63. The molecule has 1 aliphatic rings. The molecule has 7 heteroatoms. The van der Waals surface area contributed by atoms with Crippen LogP contribution in [-0.4, -0.2) is 47.4 Å². The molecule has 0 aromatic carbocycles. The molecule has 1 atom stereocenters. The molecule has 0 amide bonds. The fourth-order valence-corrected chi connectivity index (χ4v) is 4.11. The molecule has 0 saturated carbocycles. The van der Waals surface area contributed by atoms with E-state index in [-0.39, 0.29) is 0 Å². The Hall–Kier alpha value is -3.06. The van der Waals surface area contributed by atoms with Crippen molar-refractivity contribution in [2.24, 2.45) is 0 Å². The van der Waals surface area contributed by atoms with Crippen molar-refractivity contribution in [1.29, 1.82) is 0 Å². The predicted molar refractivity (Wildman–Crippen MR) is 111 cm³/mol. The minimum absolute atomic E-state index is 0.367. The minimum Gasteiger partial charge on any atom is -0.298 e. The maximum absolute atomic E-state index is 4.82. The molecule has 0 bridgehead atoms. The van der Waals surface area contributed by atoms with E-state index in [4.69, 9.17) is 10.1 Å². The van der Waals surface area contributed by atoms with Gasteiger partial charge in [-0.2, -0.15) is 10.2 Å². The molecule has 0 radical (unpaired) electrons. The van der Waals surface area contributed by atoms with Crippen molar-refractivity contribution in [2.45, 2.75) is 38.8 Å². The second-order valence-electron chi connectivity index (χ2n) is 7.71. The van der Waals surface area contributed by atoms with Crippen LogP contribution in [0, 0.1) is 0 Å². The lowest BCUT2D eigenvalue weighted by Crippen LogP contribution is -2.34. The van der Waals surface area contributed by atoms with Gasteiger partial charge in [-0.05, 0) is 44.5 Å². The molecule has 1 aliphatic heterocycles. The Morgan fingerprint density at radius 3 is 2.90 bits per heavy atom. The lowest BCUT2D eigenvalue weighted by Gasteiger charge is -2.30. The van der Waals surface area contributed by atoms with Gasteiger partial charge in [-0.15, -0.1) is 0 Å². The maximum Gasteiger partial charge on any atom is 0.156 e. The molecular weight excluding hydrogens is 362 g/mol. The normalized spacial score (nSPS) is 17.8. The van der Waals surface area contributed by atoms with Crippen molar-refractivity contribution < 1.29 is 0 Å². The largest absolute Gasteiger partial charge is 0.298 e. The Morgan fingerprint density at radius 2 is 2.07 bits per heavy atom. The fraction of sp³-hybridized carbons (Fsp3) is 0.364. The summed E-state index contributed by atoms with van der Waals surface area (Å²) in [6, 6.07) is 8.14. The number of likely N-dealkylation sites (tertiary alicyclic amines) is 1. The van der Waals surface area contributed by atoms with Crippen LogP contribution in [0.3, 0.4) is 0 Å². The Kier molecular flexibility index (Phi) is 4.81. The van der Waals surface area contributed by atoms with E-state index >= 15 is 0 Å². The number of pyridine rings is 2. The second kappa shape index (κ2) is 7.75. The quantitative estimate of drug-likeness (QED) is 0.525. The second-order valence-corrected chi connectivity index (χ2v) is 7.71. The summed E-state index contributed by atoms with van der Waals surface area (Å²) in [5.74, 6) is 1.31. The Bertz CT molecular complexity index is 1100. The highest BCUT2D eigenvalue weighted by Crippen LogP contribution is 2.27. The van der Waals surface area contributed by atoms with Crippen LogP contribution in [0.15, 0.2) is 55.2 Å². The summed E-state index contributed by atoms with van der Waals surface area (Å²) in [5, 5.41) is 9.22. The Labute approximate surface area is 170 Å². The third-order valence-electron chi connectivity index (χ3n) is 5.63. The lowest BCUT2D eigenvalue weighted by atomic mass is 9.97. The van der Waals surface area contributed by atoms with E-state index < -0.39 is 0 Å². The van der Waals surface area contributed by atoms with Gasteiger partial charge in [0.15, 0.2) is 11.5 Å². The summed E-state index contributed by atoms with van der Waals surface area (Å²) in [6.07, 6.45) is 12.1. The topological polar surface area (TPSA) is 64.1 Å². The van der Waals surface area contributed by atoms with Gasteiger partial charge < -0.3 is 0 Å². The van der Waals surface area contributed by atoms with Crippen LogP contribution in [0.2, 0.25) is 0 Å². The van der Waals surface area contributed by atoms with E-state index in [1.54, 1.807) is 6.20 Å². The first-order valence-electron chi connectivity index (χ1n) is 10.3. The lowest BCUT2D eigenvalue weighted by molar-refractivity contribution is 0.196. The van der Waals surface area contributed by atoms with Crippen LogP contribution in [0.1, 0.15) is 37.1 Å². The molecule has 5 heterocycles. The molecule has 7 nitrogen and oxygen atoms in total. The molecule has 4 aromatic rings. The van der Waals surface area contributed by atoms with E-state index in [9.17, 15) is 0 Å². The van der Waals surface area contributed by atoms with Gasteiger partial charge in [0.1, 0.15) is 0 Å². The molecule has 1 saturated heterocycles. The summed E-state index contributed by atoms with van der Waals surface area (Å²) in [7, 11) is 0. The van der Waals surface area contributed by atoms with Gasteiger partial charge in [0.25, 0.3) is 0 Å². The third kappa shape index (κ3) is 3.78. The molecule has 29 heavy (non-hydrogen) atoms. The molecule has 148 valence electrons. The zero-order valence-electron chi connectivity index (χ0n) is 16.6. The van der Waals surface area contributed by atoms with Crippen LogP contribution in [0.25, 0.3) is 16.8 Å². The SMILES string of the molecule is CCn1cc(CN2CCCC(c3nc4ccc(-c5cccnc5)cn4n3)C2)cn1. The highest BCUT2D eigenvalue weighted by atomic mass is 15.3. The minimum atomic E-state index is 0.367. The molecule has 1 fully saturated rings. The predicted octanol–water partition coefficient (Wildman–Crippen LogP) is 3.39. The van der Waals surface area contributed by atoms with Gasteiger partial charge in [-0.25, -0.2) is 9.50 Å². The molecule has 0 aliphatic carbocycles. The Balaban J connectivity index is 1.34. The Morgan fingerprint density at radius 1 is 1.10 bits per heavy atom. The summed E-state index contributed by atoms with van der Waals surface area (Å²) < 4.78 is 3.89. The number of nitrogens with zero attached hydrogens (tertiary/aromatic N) is 7. The zero-order valence-corrected chi connectivity index (χ0v) is 16.6. The molecular formula is C22H25N7. The van der Waals surface area contributed by atoms with E-state index in [1.165, 1.54) is 12.0 Å². The van der Waals surface area contributed by atoms with Gasteiger partial charge >= 0.3 is 0 Å². The number of aromatic nitrogens is 6. The first-order valence-corrected chi connectivity index (χ1v) is 10.3. The fourth-order valence-electron chi connectivity index (χ4n) is 4.11. The number of hydrogen-bond donors (Lipinski definition) is 0. The van der Waals surface area contributed by atoms with Crippen molar-refractivity contribution in [1.82, 2.24) is 34.3 Å². The number of rotatable bonds is 5. The van der Waals surface area contributed by atoms with E-state index in [2.05, 4.69) is 40.2 Å². The summed E-state index contributed by atoms with van der Waals surface area (Å²) in [4.78, 5) is 11.5. The van der Waals surface area contributed by atoms with E-state index in [0.29, 0.717) is 5.92 Å². The third-order valence-corrected chi connectivity index (χ3v) is 5.63. The van der Waals surface area contributed by atoms with Crippen LogP contribution in [0.4, 0.5) is 0 Å². The summed E-state index contributed by atoms with van der Waals surface area (Å²) >= 11 is 0. The van der Waals surface area contributed by atoms with Gasteiger partial charge in [-0.1, -0.05) is 6.07 Å². The first kappa shape index (κ1) is 18.0. The monoisotopic (exact) mass is 387 g/mol. The van der Waals surface area contributed by atoms with Crippen molar-refractivity contribution in [3.05, 3.63) is 66.6 Å². The molecule has 4 aromatic heterocycles. The number of hydrogen-bond acceptors (Lipinski definition) is 5. The van der Waals surface area contributed by atoms with Gasteiger partial charge in [0, 0.05) is 67.0 Å².